The SMILES string of the molecule is CC(=O)c1ccc[n+](C2OC(COP(=O)(O)OP(=O)(O)OCC3OC(n4cnc5c(NCCNC(=O)CCCOc6cccc7c6nc6ccccc6[n+]7C)ncnc54)C(O)C3O)C(O)C2O)c1. The molecule has 8 N–H and O–H groups in total. The number of carbonyl (C=O) groups excluding carboxylic acids is 2. The van der Waals surface area contributed by atoms with Crippen molar-refractivity contribution < 1.29 is 85.6 Å². The van der Waals surface area contributed by atoms with Crippen LogP contribution < -0.4 is 24.5 Å². The van der Waals surface area contributed by atoms with Gasteiger partial charge in [0.05, 0.1) is 31.7 Å². The minimum Gasteiger partial charge on any atom is -0.491 e. The molecular formula is C41H49N9O16P2+2. The molecule has 2 saturated heterocycles. The number of pyridine rings is 1. The van der Waals surface area contributed by atoms with E-state index >= 15 is 0 Å². The fraction of sp³-hybridized carbons (Fsp3) is 0.415. The number of ether oxygens (including phenoxy) is 3. The van der Waals surface area contributed by atoms with Gasteiger partial charge in [-0.2, -0.15) is 13.4 Å². The minimum absolute atomic E-state index is 0.167. The summed E-state index contributed by atoms with van der Waals surface area (Å²) in [5.41, 5.74) is 4.18. The van der Waals surface area contributed by atoms with E-state index in [0.29, 0.717) is 18.8 Å². The van der Waals surface area contributed by atoms with E-state index < -0.39 is 77.9 Å². The van der Waals surface area contributed by atoms with E-state index in [1.807, 2.05) is 49.5 Å². The van der Waals surface area contributed by atoms with Crippen molar-refractivity contribution in [2.24, 2.45) is 7.05 Å². The molecule has 10 unspecified atom stereocenters. The average molecular weight is 986 g/mol. The predicted molar refractivity (Wildman–Crippen MR) is 233 cm³/mol. The van der Waals surface area contributed by atoms with Gasteiger partial charge in [-0.15, -0.1) is 0 Å². The molecule has 1 amide bonds. The molecular weight excluding hydrogens is 936 g/mol. The summed E-state index contributed by atoms with van der Waals surface area (Å²) in [6.45, 7) is 0.290. The number of Topliss-reactive ketones (excluding diaryl/α,β-unsaturated/α-hetero) is 1. The molecule has 2 aromatic carbocycles. The van der Waals surface area contributed by atoms with Gasteiger partial charge in [0, 0.05) is 37.7 Å². The Labute approximate surface area is 386 Å². The number of aliphatic hydroxyl groups is 4. The van der Waals surface area contributed by atoms with Gasteiger partial charge in [0.2, 0.25) is 16.9 Å². The number of nitrogens with one attached hydrogen (secondary N) is 2. The first-order chi connectivity index (χ1) is 32.5. The number of ketones is 1. The lowest BCUT2D eigenvalue weighted by Gasteiger charge is -2.20. The lowest BCUT2D eigenvalue weighted by Crippen LogP contribution is -2.46. The van der Waals surface area contributed by atoms with E-state index in [1.165, 1.54) is 53.2 Å². The van der Waals surface area contributed by atoms with Gasteiger partial charge in [0.15, 0.2) is 58.8 Å². The molecule has 0 radical (unpaired) electrons. The van der Waals surface area contributed by atoms with Crippen LogP contribution in [-0.4, -0.2) is 136 Å². The summed E-state index contributed by atoms with van der Waals surface area (Å²) < 4.78 is 61.4. The van der Waals surface area contributed by atoms with Gasteiger partial charge in [0.25, 0.3) is 6.23 Å². The number of amides is 1. The monoisotopic (exact) mass is 985 g/mol. The highest BCUT2D eigenvalue weighted by molar-refractivity contribution is 7.61. The summed E-state index contributed by atoms with van der Waals surface area (Å²) in [5, 5.41) is 48.6. The maximum absolute atomic E-state index is 12.7. The van der Waals surface area contributed by atoms with Crippen LogP contribution >= 0.6 is 15.6 Å². The molecule has 6 aromatic rings. The van der Waals surface area contributed by atoms with E-state index in [2.05, 4.69) is 34.5 Å². The fourth-order valence-corrected chi connectivity index (χ4v) is 9.83. The lowest BCUT2D eigenvalue weighted by atomic mass is 10.1. The smallest absolute Gasteiger partial charge is 0.481 e. The molecule has 0 saturated carbocycles. The number of fused-ring (bicyclic) bond motifs is 3. The van der Waals surface area contributed by atoms with Crippen LogP contribution in [-0.2, 0) is 43.8 Å². The first-order valence-electron chi connectivity index (χ1n) is 21.2. The number of benzene rings is 2. The van der Waals surface area contributed by atoms with Gasteiger partial charge in [-0.1, -0.05) is 18.2 Å². The molecule has 25 nitrogen and oxygen atoms in total. The molecule has 27 heteroatoms. The highest BCUT2D eigenvalue weighted by Crippen LogP contribution is 2.60. The van der Waals surface area contributed by atoms with Gasteiger partial charge in [-0.25, -0.2) is 29.1 Å². The molecule has 6 heterocycles. The molecule has 0 bridgehead atoms. The number of imidazole rings is 1. The standard InChI is InChI=1S/C41H47N9O16P2/c1-23(51)24-8-6-16-49(18-24)40-36(55)34(53)29(64-40)19-62-67(57,58)66-68(59,60)63-20-30-35(54)37(56)41(65-30)50-22-46-33-38(44-21-45-39(33)50)43-15-14-42-31(52)13-7-17-61-28-12-5-11-27-32(28)47-25-9-3-4-10-26(25)48(27)2/h3-6,8-12,16,18,21-22,29-30,34-37,40-41,53-56H,7,13-15,17,19-20H2,1-2H3,(H2-2,42,43,44,45,52,57,58,59,60)/p+2. The molecule has 2 aliphatic rings. The number of hydrogen-bond acceptors (Lipinski definition) is 19. The van der Waals surface area contributed by atoms with Crippen molar-refractivity contribution in [2.75, 3.05) is 38.2 Å². The average Bonchev–Trinajstić information content (AvgIpc) is 3.96. The highest BCUT2D eigenvalue weighted by Gasteiger charge is 2.50. The summed E-state index contributed by atoms with van der Waals surface area (Å²) >= 11 is 0. The van der Waals surface area contributed by atoms with Gasteiger partial charge >= 0.3 is 15.6 Å². The normalized spacial score (nSPS) is 24.5. The molecule has 68 heavy (non-hydrogen) atoms. The Hall–Kier alpha value is -5.50. The van der Waals surface area contributed by atoms with Crippen molar-refractivity contribution in [2.45, 2.75) is 68.8 Å². The van der Waals surface area contributed by atoms with Crippen LogP contribution in [0.2, 0.25) is 0 Å². The third-order valence-electron chi connectivity index (χ3n) is 11.2. The maximum Gasteiger partial charge on any atom is 0.481 e. The van der Waals surface area contributed by atoms with Crippen LogP contribution in [0.15, 0.2) is 79.6 Å². The Bertz CT molecular complexity index is 2910. The van der Waals surface area contributed by atoms with E-state index in [1.54, 1.807) is 0 Å². The summed E-state index contributed by atoms with van der Waals surface area (Å²) in [5.74, 6) is 0.447. The maximum atomic E-state index is 12.7. The number of phosphoric acid groups is 2. The fourth-order valence-electron chi connectivity index (χ4n) is 7.74. The molecule has 2 fully saturated rings. The van der Waals surface area contributed by atoms with Crippen molar-refractivity contribution in [1.29, 1.82) is 0 Å². The van der Waals surface area contributed by atoms with E-state index in [9.17, 15) is 48.9 Å². The zero-order chi connectivity index (χ0) is 48.3. The van der Waals surface area contributed by atoms with Crippen molar-refractivity contribution in [3.8, 4) is 5.75 Å². The van der Waals surface area contributed by atoms with Crippen molar-refractivity contribution >= 4 is 66.4 Å². The molecule has 10 atom stereocenters. The second-order valence-corrected chi connectivity index (χ2v) is 18.9. The number of rotatable bonds is 20. The quantitative estimate of drug-likeness (QED) is 0.0169. The number of hydrogen-bond donors (Lipinski definition) is 8. The first-order valence-corrected chi connectivity index (χ1v) is 24.2. The summed E-state index contributed by atoms with van der Waals surface area (Å²) in [4.78, 5) is 62.5. The predicted octanol–water partition coefficient (Wildman–Crippen LogP) is 0.419. The van der Waals surface area contributed by atoms with Gasteiger partial charge in [0.1, 0.15) is 49.4 Å². The molecule has 362 valence electrons. The van der Waals surface area contributed by atoms with E-state index in [4.69, 9.17) is 28.2 Å². The minimum atomic E-state index is -5.44. The Balaban J connectivity index is 0.779. The number of phosphoric ester groups is 2. The number of aryl methyl sites for hydroxylation is 1. The topological polar surface area (TPSA) is 333 Å². The van der Waals surface area contributed by atoms with Crippen LogP contribution in [0.5, 0.6) is 5.75 Å². The highest BCUT2D eigenvalue weighted by atomic mass is 31.3. The van der Waals surface area contributed by atoms with Crippen LogP contribution in [0.25, 0.3) is 33.2 Å². The molecule has 0 spiro atoms. The van der Waals surface area contributed by atoms with Gasteiger partial charge in [-0.3, -0.25) is 23.2 Å². The van der Waals surface area contributed by atoms with Crippen LogP contribution in [0.1, 0.15) is 42.6 Å². The summed E-state index contributed by atoms with van der Waals surface area (Å²) in [6.07, 6.45) is -6.06. The number of anilines is 1. The number of aromatic nitrogens is 7. The third-order valence-corrected chi connectivity index (χ3v) is 13.8. The first kappa shape index (κ1) is 48.9. The number of nitrogens with zero attached hydrogens (tertiary/aromatic N) is 7. The molecule has 4 aromatic heterocycles. The van der Waals surface area contributed by atoms with E-state index in [-0.39, 0.29) is 53.7 Å². The zero-order valence-corrected chi connectivity index (χ0v) is 38.2. The van der Waals surface area contributed by atoms with Crippen molar-refractivity contribution in [3.05, 3.63) is 85.2 Å². The van der Waals surface area contributed by atoms with Gasteiger partial charge in [-0.05, 0) is 31.5 Å². The Morgan fingerprint density at radius 2 is 1.56 bits per heavy atom. The Morgan fingerprint density at radius 3 is 2.32 bits per heavy atom. The largest absolute Gasteiger partial charge is 0.491 e. The second kappa shape index (κ2) is 20.6. The molecule has 0 aliphatic carbocycles. The number of aliphatic hydroxyl groups excluding tert-OH is 4. The lowest BCUT2D eigenvalue weighted by molar-refractivity contribution is -0.765. The van der Waals surface area contributed by atoms with Gasteiger partial charge < -0.3 is 55.1 Å². The summed E-state index contributed by atoms with van der Waals surface area (Å²) in [6, 6.07) is 16.6. The van der Waals surface area contributed by atoms with Crippen molar-refractivity contribution in [3.63, 3.8) is 0 Å². The zero-order valence-electron chi connectivity index (χ0n) is 36.4. The number of carbonyl (C=O) groups is 2. The Kier molecular flexibility index (Phi) is 14.8. The van der Waals surface area contributed by atoms with Crippen LogP contribution in [0.3, 0.4) is 0 Å². The summed E-state index contributed by atoms with van der Waals surface area (Å²) in [7, 11) is -8.88. The van der Waals surface area contributed by atoms with Crippen molar-refractivity contribution in [1.82, 2.24) is 29.8 Å². The third kappa shape index (κ3) is 10.9. The number of para-hydroxylation sites is 3. The Morgan fingerprint density at radius 1 is 0.838 bits per heavy atom. The van der Waals surface area contributed by atoms with Crippen LogP contribution in [0.4, 0.5) is 5.82 Å². The second-order valence-electron chi connectivity index (χ2n) is 15.9. The van der Waals surface area contributed by atoms with Crippen LogP contribution in [0, 0.1) is 0 Å². The van der Waals surface area contributed by atoms with E-state index in [0.717, 1.165) is 22.1 Å². The molecule has 8 rings (SSSR count). The molecule has 2 aliphatic heterocycles.